The molecule has 0 bridgehead atoms. The van der Waals surface area contributed by atoms with Gasteiger partial charge in [-0.2, -0.15) is 0 Å². The fraction of sp³-hybridized carbons (Fsp3) is 0.900. The molecular weight excluding hydrogens is 216 g/mol. The maximum Gasteiger partial charge on any atom is 0.306 e. The minimum Gasteiger partial charge on any atom is -0.469 e. The van der Waals surface area contributed by atoms with Crippen molar-refractivity contribution in [2.24, 2.45) is 0 Å². The predicted molar refractivity (Wildman–Crippen MR) is 62.4 cm³/mol. The van der Waals surface area contributed by atoms with Gasteiger partial charge < -0.3 is 15.0 Å². The Balaban J connectivity index is 0.00000196. The minimum atomic E-state index is -0.114. The summed E-state index contributed by atoms with van der Waals surface area (Å²) in [6.07, 6.45) is 2.96. The van der Waals surface area contributed by atoms with E-state index in [-0.39, 0.29) is 18.4 Å². The van der Waals surface area contributed by atoms with Crippen LogP contribution < -0.4 is 5.32 Å². The molecule has 90 valence electrons. The van der Waals surface area contributed by atoms with Crippen LogP contribution in [0.2, 0.25) is 0 Å². The highest BCUT2D eigenvalue weighted by Gasteiger charge is 2.18. The average Bonchev–Trinajstić information content (AvgIpc) is 2.26. The van der Waals surface area contributed by atoms with Crippen LogP contribution in [0.25, 0.3) is 0 Å². The van der Waals surface area contributed by atoms with Crippen molar-refractivity contribution < 1.29 is 9.53 Å². The summed E-state index contributed by atoms with van der Waals surface area (Å²) in [7, 11) is 3.43. The molecule has 1 N–H and O–H groups in total. The van der Waals surface area contributed by atoms with Crippen molar-refractivity contribution in [2.75, 3.05) is 33.8 Å². The number of hydrogen-bond acceptors (Lipinski definition) is 4. The second kappa shape index (κ2) is 7.91. The van der Waals surface area contributed by atoms with Gasteiger partial charge in [-0.25, -0.2) is 0 Å². The van der Waals surface area contributed by atoms with Crippen LogP contribution in [0.15, 0.2) is 0 Å². The Kier molecular flexibility index (Phi) is 7.74. The standard InChI is InChI=1S/C10H20N2O2.ClH/c1-11-9-4-3-6-12(8-9)7-5-10(13)14-2;/h9,11H,3-8H2,1-2H3;1H. The molecule has 0 saturated carbocycles. The van der Waals surface area contributed by atoms with E-state index in [2.05, 4.69) is 15.0 Å². The van der Waals surface area contributed by atoms with Crippen LogP contribution in [0, 0.1) is 0 Å². The highest BCUT2D eigenvalue weighted by atomic mass is 35.5. The highest BCUT2D eigenvalue weighted by Crippen LogP contribution is 2.09. The van der Waals surface area contributed by atoms with Crippen LogP contribution >= 0.6 is 12.4 Å². The molecule has 0 aliphatic carbocycles. The van der Waals surface area contributed by atoms with Crippen molar-refractivity contribution in [1.82, 2.24) is 10.2 Å². The summed E-state index contributed by atoms with van der Waals surface area (Å²) >= 11 is 0. The smallest absolute Gasteiger partial charge is 0.306 e. The molecule has 1 heterocycles. The van der Waals surface area contributed by atoms with Gasteiger partial charge >= 0.3 is 5.97 Å². The van der Waals surface area contributed by atoms with E-state index in [4.69, 9.17) is 0 Å². The van der Waals surface area contributed by atoms with Crippen molar-refractivity contribution in [3.8, 4) is 0 Å². The summed E-state index contributed by atoms with van der Waals surface area (Å²) in [5.74, 6) is -0.114. The molecule has 1 rings (SSSR count). The molecule has 0 aromatic heterocycles. The van der Waals surface area contributed by atoms with Crippen LogP contribution in [-0.4, -0.2) is 50.7 Å². The minimum absolute atomic E-state index is 0. The number of nitrogens with one attached hydrogen (secondary N) is 1. The van der Waals surface area contributed by atoms with Crippen LogP contribution in [0.3, 0.4) is 0 Å². The SMILES string of the molecule is CNC1CCCN(CCC(=O)OC)C1.Cl. The summed E-state index contributed by atoms with van der Waals surface area (Å²) < 4.78 is 4.61. The van der Waals surface area contributed by atoms with Gasteiger partial charge in [0.15, 0.2) is 0 Å². The second-order valence-corrected chi connectivity index (χ2v) is 3.75. The average molecular weight is 237 g/mol. The van der Waals surface area contributed by atoms with Crippen LogP contribution in [0.1, 0.15) is 19.3 Å². The number of rotatable bonds is 4. The fourth-order valence-electron chi connectivity index (χ4n) is 1.85. The molecule has 1 aliphatic rings. The van der Waals surface area contributed by atoms with Crippen molar-refractivity contribution in [2.45, 2.75) is 25.3 Å². The van der Waals surface area contributed by atoms with E-state index in [1.165, 1.54) is 20.0 Å². The van der Waals surface area contributed by atoms with Crippen LogP contribution in [-0.2, 0) is 9.53 Å². The Hall–Kier alpha value is -0.320. The molecule has 5 heteroatoms. The van der Waals surface area contributed by atoms with Crippen LogP contribution in [0.4, 0.5) is 0 Å². The number of nitrogens with zero attached hydrogens (tertiary/aromatic N) is 1. The first-order valence-electron chi connectivity index (χ1n) is 5.22. The Morgan fingerprint density at radius 2 is 2.33 bits per heavy atom. The summed E-state index contributed by atoms with van der Waals surface area (Å²) in [5, 5.41) is 3.28. The summed E-state index contributed by atoms with van der Waals surface area (Å²) in [6, 6.07) is 0.585. The quantitative estimate of drug-likeness (QED) is 0.728. The fourth-order valence-corrected chi connectivity index (χ4v) is 1.85. The number of methoxy groups -OCH3 is 1. The Bertz CT molecular complexity index is 190. The van der Waals surface area contributed by atoms with E-state index < -0.39 is 0 Å². The molecule has 0 aromatic rings. The number of likely N-dealkylation sites (N-methyl/N-ethyl adjacent to an activating group) is 1. The lowest BCUT2D eigenvalue weighted by Crippen LogP contribution is -2.44. The van der Waals surface area contributed by atoms with Crippen molar-refractivity contribution in [3.63, 3.8) is 0 Å². The predicted octanol–water partition coefficient (Wildman–Crippen LogP) is 0.655. The van der Waals surface area contributed by atoms with Gasteiger partial charge in [-0.05, 0) is 26.4 Å². The largest absolute Gasteiger partial charge is 0.469 e. The number of ether oxygens (including phenoxy) is 1. The maximum atomic E-state index is 10.9. The first kappa shape index (κ1) is 14.7. The zero-order chi connectivity index (χ0) is 10.4. The normalized spacial score (nSPS) is 21.9. The molecule has 0 aromatic carbocycles. The molecule has 1 fully saturated rings. The highest BCUT2D eigenvalue weighted by molar-refractivity contribution is 5.85. The molecule has 1 atom stereocenters. The number of halogens is 1. The molecular formula is C10H21ClN2O2. The Morgan fingerprint density at radius 3 is 2.93 bits per heavy atom. The molecule has 0 amide bonds. The van der Waals surface area contributed by atoms with Gasteiger partial charge in [0.25, 0.3) is 0 Å². The molecule has 1 saturated heterocycles. The number of carbonyl (C=O) groups excluding carboxylic acids is 1. The van der Waals surface area contributed by atoms with Crippen molar-refractivity contribution in [3.05, 3.63) is 0 Å². The van der Waals surface area contributed by atoms with E-state index in [1.807, 2.05) is 7.05 Å². The first-order chi connectivity index (χ1) is 6.76. The molecule has 0 radical (unpaired) electrons. The van der Waals surface area contributed by atoms with Crippen LogP contribution in [0.5, 0.6) is 0 Å². The third kappa shape index (κ3) is 5.35. The monoisotopic (exact) mass is 236 g/mol. The lowest BCUT2D eigenvalue weighted by Gasteiger charge is -2.32. The van der Waals surface area contributed by atoms with E-state index in [0.717, 1.165) is 19.6 Å². The van der Waals surface area contributed by atoms with Crippen molar-refractivity contribution >= 4 is 18.4 Å². The Morgan fingerprint density at radius 1 is 1.60 bits per heavy atom. The number of hydrogen-bond donors (Lipinski definition) is 1. The van der Waals surface area contributed by atoms with Gasteiger partial charge in [0.2, 0.25) is 0 Å². The number of piperidine rings is 1. The topological polar surface area (TPSA) is 41.6 Å². The third-order valence-electron chi connectivity index (χ3n) is 2.77. The van der Waals surface area contributed by atoms with E-state index in [1.54, 1.807) is 0 Å². The van der Waals surface area contributed by atoms with E-state index >= 15 is 0 Å². The third-order valence-corrected chi connectivity index (χ3v) is 2.77. The van der Waals surface area contributed by atoms with Gasteiger partial charge in [0, 0.05) is 19.1 Å². The molecule has 15 heavy (non-hydrogen) atoms. The maximum absolute atomic E-state index is 10.9. The Labute approximate surface area is 97.8 Å². The number of likely N-dealkylation sites (tertiary alicyclic amines) is 1. The van der Waals surface area contributed by atoms with E-state index in [9.17, 15) is 4.79 Å². The molecule has 4 nitrogen and oxygen atoms in total. The van der Waals surface area contributed by atoms with Gasteiger partial charge in [-0.15, -0.1) is 12.4 Å². The van der Waals surface area contributed by atoms with Gasteiger partial charge in [-0.3, -0.25) is 4.79 Å². The lowest BCUT2D eigenvalue weighted by atomic mass is 10.1. The summed E-state index contributed by atoms with van der Waals surface area (Å²) in [4.78, 5) is 13.3. The van der Waals surface area contributed by atoms with Gasteiger partial charge in [0.1, 0.15) is 0 Å². The van der Waals surface area contributed by atoms with E-state index in [0.29, 0.717) is 12.5 Å². The number of carbonyl (C=O) groups is 1. The van der Waals surface area contributed by atoms with Gasteiger partial charge in [0.05, 0.1) is 13.5 Å². The van der Waals surface area contributed by atoms with Crippen molar-refractivity contribution in [1.29, 1.82) is 0 Å². The molecule has 1 unspecified atom stereocenters. The second-order valence-electron chi connectivity index (χ2n) is 3.75. The lowest BCUT2D eigenvalue weighted by molar-refractivity contribution is -0.141. The summed E-state index contributed by atoms with van der Waals surface area (Å²) in [6.45, 7) is 2.98. The zero-order valence-electron chi connectivity index (χ0n) is 9.49. The first-order valence-corrected chi connectivity index (χ1v) is 5.22. The number of esters is 1. The van der Waals surface area contributed by atoms with Gasteiger partial charge in [-0.1, -0.05) is 0 Å². The zero-order valence-corrected chi connectivity index (χ0v) is 10.3. The molecule has 0 spiro atoms. The summed E-state index contributed by atoms with van der Waals surface area (Å²) in [5.41, 5.74) is 0. The molecule has 1 aliphatic heterocycles.